The van der Waals surface area contributed by atoms with Crippen molar-refractivity contribution < 1.29 is 9.13 Å². The third kappa shape index (κ3) is 4.37. The maximum absolute atomic E-state index is 13.0. The Hall–Kier alpha value is -0.970. The Kier molecular flexibility index (Phi) is 5.11. The zero-order valence-corrected chi connectivity index (χ0v) is 10.9. The van der Waals surface area contributed by atoms with Gasteiger partial charge >= 0.3 is 0 Å². The van der Waals surface area contributed by atoms with Crippen LogP contribution in [0.1, 0.15) is 5.56 Å². The van der Waals surface area contributed by atoms with Gasteiger partial charge in [-0.25, -0.2) is 4.39 Å². The molecule has 0 aliphatic carbocycles. The molecule has 0 aromatic heterocycles. The number of hydrogen-bond donors (Lipinski definition) is 1. The van der Waals surface area contributed by atoms with Gasteiger partial charge in [0, 0.05) is 26.2 Å². The minimum atomic E-state index is -0.157. The van der Waals surface area contributed by atoms with Gasteiger partial charge in [-0.1, -0.05) is 12.1 Å². The molecule has 1 atom stereocenters. The van der Waals surface area contributed by atoms with Crippen molar-refractivity contribution in [3.05, 3.63) is 35.6 Å². The average molecular weight is 252 g/mol. The highest BCUT2D eigenvalue weighted by molar-refractivity contribution is 5.16. The molecule has 0 amide bonds. The van der Waals surface area contributed by atoms with Crippen LogP contribution >= 0.6 is 0 Å². The number of hydrogen-bond acceptors (Lipinski definition) is 3. The topological polar surface area (TPSA) is 24.5 Å². The van der Waals surface area contributed by atoms with E-state index >= 15 is 0 Å². The van der Waals surface area contributed by atoms with Gasteiger partial charge in [0.15, 0.2) is 0 Å². The second-order valence-corrected chi connectivity index (χ2v) is 4.84. The number of ether oxygens (including phenoxy) is 1. The molecule has 1 saturated heterocycles. The fourth-order valence-electron chi connectivity index (χ4n) is 2.19. The van der Waals surface area contributed by atoms with Gasteiger partial charge in [-0.3, -0.25) is 0 Å². The van der Waals surface area contributed by atoms with Gasteiger partial charge in [-0.2, -0.15) is 0 Å². The Morgan fingerprint density at radius 1 is 1.50 bits per heavy atom. The summed E-state index contributed by atoms with van der Waals surface area (Å²) in [5.41, 5.74) is 1.05. The number of likely N-dealkylation sites (N-methyl/N-ethyl adjacent to an activating group) is 1. The molecule has 1 aromatic carbocycles. The molecule has 0 bridgehead atoms. The van der Waals surface area contributed by atoms with E-state index in [1.165, 1.54) is 6.07 Å². The summed E-state index contributed by atoms with van der Waals surface area (Å²) in [6, 6.07) is 6.82. The third-order valence-electron chi connectivity index (χ3n) is 3.19. The molecule has 0 spiro atoms. The molecule has 1 aliphatic rings. The van der Waals surface area contributed by atoms with Crippen molar-refractivity contribution >= 4 is 0 Å². The summed E-state index contributed by atoms with van der Waals surface area (Å²) in [6.07, 6.45) is 1.14. The fourth-order valence-corrected chi connectivity index (χ4v) is 2.19. The maximum atomic E-state index is 13.0. The minimum Gasteiger partial charge on any atom is -0.374 e. The van der Waals surface area contributed by atoms with Crippen molar-refractivity contribution in [2.45, 2.75) is 12.5 Å². The third-order valence-corrected chi connectivity index (χ3v) is 3.19. The van der Waals surface area contributed by atoms with Gasteiger partial charge in [0.1, 0.15) is 5.82 Å². The lowest BCUT2D eigenvalue weighted by molar-refractivity contribution is 0.0103. The first-order valence-electron chi connectivity index (χ1n) is 6.49. The summed E-state index contributed by atoms with van der Waals surface area (Å²) in [6.45, 7) is 4.50. The monoisotopic (exact) mass is 252 g/mol. The Bertz CT molecular complexity index is 367. The second-order valence-electron chi connectivity index (χ2n) is 4.84. The molecule has 1 aromatic rings. The van der Waals surface area contributed by atoms with Crippen LogP contribution in [0.3, 0.4) is 0 Å². The predicted molar refractivity (Wildman–Crippen MR) is 70.2 cm³/mol. The van der Waals surface area contributed by atoms with Gasteiger partial charge < -0.3 is 15.0 Å². The second kappa shape index (κ2) is 6.83. The molecule has 3 nitrogen and oxygen atoms in total. The van der Waals surface area contributed by atoms with E-state index in [0.717, 1.165) is 44.8 Å². The van der Waals surface area contributed by atoms with E-state index in [4.69, 9.17) is 4.74 Å². The van der Waals surface area contributed by atoms with Gasteiger partial charge in [-0.05, 0) is 31.2 Å². The molecule has 1 aliphatic heterocycles. The molecule has 100 valence electrons. The molecule has 1 unspecified atom stereocenters. The molecule has 2 rings (SSSR count). The van der Waals surface area contributed by atoms with Crippen molar-refractivity contribution in [1.29, 1.82) is 0 Å². The summed E-state index contributed by atoms with van der Waals surface area (Å²) in [7, 11) is 2.08. The highest BCUT2D eigenvalue weighted by Crippen LogP contribution is 2.05. The van der Waals surface area contributed by atoms with Crippen molar-refractivity contribution in [3.63, 3.8) is 0 Å². The van der Waals surface area contributed by atoms with E-state index in [0.29, 0.717) is 0 Å². The predicted octanol–water partition coefficient (Wildman–Crippen LogP) is 1.29. The van der Waals surface area contributed by atoms with Crippen LogP contribution in [0.4, 0.5) is 4.39 Å². The van der Waals surface area contributed by atoms with Crippen LogP contribution in [-0.4, -0.2) is 50.8 Å². The van der Waals surface area contributed by atoms with Crippen molar-refractivity contribution in [1.82, 2.24) is 10.2 Å². The lowest BCUT2D eigenvalue weighted by Gasteiger charge is -2.28. The molecule has 1 N–H and O–H groups in total. The van der Waals surface area contributed by atoms with E-state index in [1.54, 1.807) is 12.1 Å². The number of morpholine rings is 1. The number of rotatable bonds is 5. The SMILES string of the molecule is CN(CCc1cccc(F)c1)CC1CNCCO1. The molecule has 0 saturated carbocycles. The van der Waals surface area contributed by atoms with E-state index < -0.39 is 0 Å². The first kappa shape index (κ1) is 13.5. The zero-order valence-electron chi connectivity index (χ0n) is 10.9. The largest absolute Gasteiger partial charge is 0.374 e. The Morgan fingerprint density at radius 3 is 3.11 bits per heavy atom. The Morgan fingerprint density at radius 2 is 2.39 bits per heavy atom. The molecule has 18 heavy (non-hydrogen) atoms. The summed E-state index contributed by atoms with van der Waals surface area (Å²) in [4.78, 5) is 2.24. The summed E-state index contributed by atoms with van der Waals surface area (Å²) < 4.78 is 18.7. The fraction of sp³-hybridized carbons (Fsp3) is 0.571. The minimum absolute atomic E-state index is 0.157. The maximum Gasteiger partial charge on any atom is 0.123 e. The summed E-state index contributed by atoms with van der Waals surface area (Å²) in [5.74, 6) is -0.157. The van der Waals surface area contributed by atoms with Crippen LogP contribution in [-0.2, 0) is 11.2 Å². The summed E-state index contributed by atoms with van der Waals surface area (Å²) in [5, 5.41) is 3.32. The van der Waals surface area contributed by atoms with Crippen LogP contribution in [0.15, 0.2) is 24.3 Å². The first-order chi connectivity index (χ1) is 8.74. The van der Waals surface area contributed by atoms with Gasteiger partial charge in [-0.15, -0.1) is 0 Å². The van der Waals surface area contributed by atoms with E-state index in [-0.39, 0.29) is 11.9 Å². The number of nitrogens with one attached hydrogen (secondary N) is 1. The van der Waals surface area contributed by atoms with E-state index in [2.05, 4.69) is 17.3 Å². The van der Waals surface area contributed by atoms with Crippen LogP contribution < -0.4 is 5.32 Å². The number of halogens is 1. The van der Waals surface area contributed by atoms with E-state index in [9.17, 15) is 4.39 Å². The highest BCUT2D eigenvalue weighted by atomic mass is 19.1. The molecule has 4 heteroatoms. The van der Waals surface area contributed by atoms with Crippen LogP contribution in [0.25, 0.3) is 0 Å². The first-order valence-corrected chi connectivity index (χ1v) is 6.49. The van der Waals surface area contributed by atoms with Crippen LogP contribution in [0, 0.1) is 5.82 Å². The molecule has 0 radical (unpaired) electrons. The standard InChI is InChI=1S/C14H21FN2O/c1-17(11-14-10-16-6-8-18-14)7-5-12-3-2-4-13(15)9-12/h2-4,9,14,16H,5-8,10-11H2,1H3. The van der Waals surface area contributed by atoms with Crippen LogP contribution in [0.5, 0.6) is 0 Å². The Labute approximate surface area is 108 Å². The lowest BCUT2D eigenvalue weighted by atomic mass is 10.1. The van der Waals surface area contributed by atoms with E-state index in [1.807, 2.05) is 6.07 Å². The van der Waals surface area contributed by atoms with Crippen LogP contribution in [0.2, 0.25) is 0 Å². The van der Waals surface area contributed by atoms with Crippen molar-refractivity contribution in [2.75, 3.05) is 39.8 Å². The Balaban J connectivity index is 1.72. The molecular formula is C14H21FN2O. The smallest absolute Gasteiger partial charge is 0.123 e. The normalized spacial score (nSPS) is 20.3. The van der Waals surface area contributed by atoms with Gasteiger partial charge in [0.05, 0.1) is 12.7 Å². The van der Waals surface area contributed by atoms with Gasteiger partial charge in [0.25, 0.3) is 0 Å². The number of benzene rings is 1. The van der Waals surface area contributed by atoms with Crippen molar-refractivity contribution in [2.24, 2.45) is 0 Å². The molecule has 1 heterocycles. The lowest BCUT2D eigenvalue weighted by Crippen LogP contribution is -2.44. The molecule has 1 fully saturated rings. The molecular weight excluding hydrogens is 231 g/mol. The number of nitrogens with zero attached hydrogens (tertiary/aromatic N) is 1. The average Bonchev–Trinajstić information content (AvgIpc) is 2.38. The zero-order chi connectivity index (χ0) is 12.8. The van der Waals surface area contributed by atoms with Gasteiger partial charge in [0.2, 0.25) is 0 Å². The van der Waals surface area contributed by atoms with Crippen molar-refractivity contribution in [3.8, 4) is 0 Å². The summed E-state index contributed by atoms with van der Waals surface area (Å²) >= 11 is 0. The highest BCUT2D eigenvalue weighted by Gasteiger charge is 2.15. The quantitative estimate of drug-likeness (QED) is 0.854.